The molecule has 11 nitrogen and oxygen atoms in total. The van der Waals surface area contributed by atoms with Crippen LogP contribution in [0, 0.1) is 0 Å². The smallest absolute Gasteiger partial charge is 0.389 e. The van der Waals surface area contributed by atoms with E-state index in [-0.39, 0.29) is 0 Å². The average Bonchev–Trinajstić information content (AvgIpc) is 2.45. The zero-order chi connectivity index (χ0) is 16.4. The van der Waals surface area contributed by atoms with Gasteiger partial charge in [-0.3, -0.25) is 0 Å². The Balaban J connectivity index is 2.90. The topological polar surface area (TPSA) is 183 Å². The highest BCUT2D eigenvalue weighted by atomic mass is 17.2. The van der Waals surface area contributed by atoms with Crippen molar-refractivity contribution in [2.75, 3.05) is 6.61 Å². The van der Waals surface area contributed by atoms with Crippen LogP contribution >= 0.6 is 0 Å². The van der Waals surface area contributed by atoms with E-state index >= 15 is 0 Å². The molecule has 1 fully saturated rings. The molecule has 0 amide bonds. The minimum atomic E-state index is -3.09. The molecule has 1 heterocycles. The average molecular weight is 312 g/mol. The zero-order valence-electron chi connectivity index (χ0n) is 10.8. The van der Waals surface area contributed by atoms with Gasteiger partial charge in [0, 0.05) is 6.92 Å². The summed E-state index contributed by atoms with van der Waals surface area (Å²) in [6, 6.07) is 0. The van der Waals surface area contributed by atoms with Crippen LogP contribution in [0.2, 0.25) is 0 Å². The van der Waals surface area contributed by atoms with Gasteiger partial charge in [-0.2, -0.15) is 0 Å². The maximum absolute atomic E-state index is 11.4. The van der Waals surface area contributed by atoms with Gasteiger partial charge < -0.3 is 35.4 Å². The summed E-state index contributed by atoms with van der Waals surface area (Å²) in [4.78, 5) is 29.5. The molecule has 21 heavy (non-hydrogen) atoms. The fourth-order valence-corrected chi connectivity index (χ4v) is 1.72. The number of hydrogen-bond acceptors (Lipinski definition) is 11. The van der Waals surface area contributed by atoms with Gasteiger partial charge >= 0.3 is 11.9 Å². The standard InChI is InChI=1S/C10H16O11/c1-3(12)20-21-9(17)8(16)10(18)7(15)6(14)5(13)4(2-11)19-10/h4-8,11,13-16,18H,2H2,1H3/t4-,5-,6+,7-,8?,10?/m1/s1. The SMILES string of the molecule is CC(=O)OOC(=O)C(O)C1(O)O[C@H](CO)[C@@H](O)[C@H](O)[C@H]1O. The highest BCUT2D eigenvalue weighted by Crippen LogP contribution is 2.31. The van der Waals surface area contributed by atoms with E-state index < -0.39 is 54.9 Å². The van der Waals surface area contributed by atoms with Gasteiger partial charge in [0.15, 0.2) is 0 Å². The zero-order valence-corrected chi connectivity index (χ0v) is 10.8. The van der Waals surface area contributed by atoms with Crippen molar-refractivity contribution in [1.82, 2.24) is 0 Å². The first kappa shape index (κ1) is 17.7. The molecule has 0 aliphatic carbocycles. The predicted molar refractivity (Wildman–Crippen MR) is 58.8 cm³/mol. The summed E-state index contributed by atoms with van der Waals surface area (Å²) in [7, 11) is 0. The van der Waals surface area contributed by atoms with Crippen molar-refractivity contribution in [3.05, 3.63) is 0 Å². The van der Waals surface area contributed by atoms with Crippen LogP contribution < -0.4 is 0 Å². The van der Waals surface area contributed by atoms with Gasteiger partial charge in [0.1, 0.15) is 24.4 Å². The summed E-state index contributed by atoms with van der Waals surface area (Å²) in [6.45, 7) is 0.00120. The van der Waals surface area contributed by atoms with E-state index in [0.29, 0.717) is 0 Å². The van der Waals surface area contributed by atoms with E-state index in [0.717, 1.165) is 6.92 Å². The van der Waals surface area contributed by atoms with Crippen molar-refractivity contribution in [2.24, 2.45) is 0 Å². The third kappa shape index (κ3) is 3.47. The molecule has 11 heteroatoms. The van der Waals surface area contributed by atoms with Crippen LogP contribution in [0.15, 0.2) is 0 Å². The number of hydrogen-bond donors (Lipinski definition) is 6. The van der Waals surface area contributed by atoms with Crippen molar-refractivity contribution in [3.63, 3.8) is 0 Å². The highest BCUT2D eigenvalue weighted by molar-refractivity contribution is 5.76. The quantitative estimate of drug-likeness (QED) is 0.218. The van der Waals surface area contributed by atoms with Crippen molar-refractivity contribution >= 4 is 11.9 Å². The number of rotatable bonds is 3. The van der Waals surface area contributed by atoms with Gasteiger partial charge in [-0.15, -0.1) is 0 Å². The molecule has 0 aromatic rings. The minimum absolute atomic E-state index is 0.890. The second kappa shape index (κ2) is 6.62. The summed E-state index contributed by atoms with van der Waals surface area (Å²) in [5, 5.41) is 57.2. The first-order valence-corrected chi connectivity index (χ1v) is 5.77. The Hall–Kier alpha value is -1.34. The van der Waals surface area contributed by atoms with E-state index in [4.69, 9.17) is 5.11 Å². The van der Waals surface area contributed by atoms with Crippen LogP contribution in [0.3, 0.4) is 0 Å². The highest BCUT2D eigenvalue weighted by Gasteiger charge is 2.59. The molecule has 0 saturated carbocycles. The monoisotopic (exact) mass is 312 g/mol. The molecule has 2 unspecified atom stereocenters. The van der Waals surface area contributed by atoms with Gasteiger partial charge in [0.25, 0.3) is 0 Å². The lowest BCUT2D eigenvalue weighted by molar-refractivity contribution is -0.376. The lowest BCUT2D eigenvalue weighted by Gasteiger charge is -2.46. The van der Waals surface area contributed by atoms with Gasteiger partial charge in [-0.25, -0.2) is 19.4 Å². The van der Waals surface area contributed by atoms with Crippen LogP contribution in [0.25, 0.3) is 0 Å². The Bertz CT molecular complexity index is 396. The molecule has 122 valence electrons. The van der Waals surface area contributed by atoms with Crippen molar-refractivity contribution in [1.29, 1.82) is 0 Å². The van der Waals surface area contributed by atoms with E-state index in [1.807, 2.05) is 0 Å². The Kier molecular flexibility index (Phi) is 5.58. The Morgan fingerprint density at radius 1 is 1.24 bits per heavy atom. The summed E-state index contributed by atoms with van der Waals surface area (Å²) in [6.07, 6.45) is -10.3. The largest absolute Gasteiger partial charge is 0.394 e. The molecule has 0 bridgehead atoms. The minimum Gasteiger partial charge on any atom is -0.394 e. The van der Waals surface area contributed by atoms with Crippen LogP contribution in [0.5, 0.6) is 0 Å². The lowest BCUT2D eigenvalue weighted by atomic mass is 9.89. The summed E-state index contributed by atoms with van der Waals surface area (Å²) in [5.41, 5.74) is 0. The molecule has 0 aromatic carbocycles. The molecule has 0 radical (unpaired) electrons. The van der Waals surface area contributed by atoms with Crippen molar-refractivity contribution in [2.45, 2.75) is 43.2 Å². The molecular formula is C10H16O11. The Morgan fingerprint density at radius 3 is 2.29 bits per heavy atom. The van der Waals surface area contributed by atoms with Crippen LogP contribution in [-0.2, 0) is 24.1 Å². The predicted octanol–water partition coefficient (Wildman–Crippen LogP) is -4.47. The molecule has 1 aliphatic heterocycles. The second-order valence-electron chi connectivity index (χ2n) is 4.40. The summed E-state index contributed by atoms with van der Waals surface area (Å²) < 4.78 is 4.66. The molecule has 1 saturated heterocycles. The number of aliphatic hydroxyl groups is 6. The van der Waals surface area contributed by atoms with E-state index in [1.54, 1.807) is 0 Å². The number of carbonyl (C=O) groups excluding carboxylic acids is 2. The molecule has 1 rings (SSSR count). The van der Waals surface area contributed by atoms with Crippen molar-refractivity contribution < 1.29 is 54.7 Å². The van der Waals surface area contributed by atoms with Crippen LogP contribution in [0.4, 0.5) is 0 Å². The van der Waals surface area contributed by atoms with Crippen molar-refractivity contribution in [3.8, 4) is 0 Å². The fourth-order valence-electron chi connectivity index (χ4n) is 1.72. The summed E-state index contributed by atoms with van der Waals surface area (Å²) in [5.74, 6) is -5.83. The summed E-state index contributed by atoms with van der Waals surface area (Å²) >= 11 is 0. The van der Waals surface area contributed by atoms with E-state index in [2.05, 4.69) is 14.5 Å². The molecule has 0 spiro atoms. The van der Waals surface area contributed by atoms with Gasteiger partial charge in [-0.1, -0.05) is 0 Å². The number of aliphatic hydroxyl groups excluding tert-OH is 5. The second-order valence-corrected chi connectivity index (χ2v) is 4.40. The number of carbonyl (C=O) groups is 2. The van der Waals surface area contributed by atoms with Crippen LogP contribution in [0.1, 0.15) is 6.92 Å². The van der Waals surface area contributed by atoms with Gasteiger partial charge in [-0.05, 0) is 0 Å². The maximum atomic E-state index is 11.4. The molecular weight excluding hydrogens is 296 g/mol. The molecule has 6 N–H and O–H groups in total. The molecule has 1 aliphatic rings. The first-order chi connectivity index (χ1) is 9.65. The lowest BCUT2D eigenvalue weighted by Crippen LogP contribution is -2.70. The fraction of sp³-hybridized carbons (Fsp3) is 0.800. The van der Waals surface area contributed by atoms with Gasteiger partial charge in [0.2, 0.25) is 11.9 Å². The van der Waals surface area contributed by atoms with E-state index in [9.17, 15) is 35.1 Å². The molecule has 6 atom stereocenters. The number of ether oxygens (including phenoxy) is 1. The Labute approximate surface area is 117 Å². The maximum Gasteiger partial charge on any atom is 0.389 e. The van der Waals surface area contributed by atoms with Gasteiger partial charge in [0.05, 0.1) is 6.61 Å². The third-order valence-electron chi connectivity index (χ3n) is 2.85. The molecule has 0 aromatic heterocycles. The third-order valence-corrected chi connectivity index (χ3v) is 2.85. The normalized spacial score (nSPS) is 37.7. The Morgan fingerprint density at radius 2 is 1.81 bits per heavy atom. The van der Waals surface area contributed by atoms with Crippen LogP contribution in [-0.4, -0.2) is 85.5 Å². The van der Waals surface area contributed by atoms with E-state index in [1.165, 1.54) is 0 Å². The first-order valence-electron chi connectivity index (χ1n) is 5.77.